The predicted octanol–water partition coefficient (Wildman–Crippen LogP) is 0.184. The first kappa shape index (κ1) is 17.7. The zero-order chi connectivity index (χ0) is 14.7. The Morgan fingerprint density at radius 1 is 1.32 bits per heavy atom. The highest BCUT2D eigenvalue weighted by Gasteiger charge is 2.18. The van der Waals surface area contributed by atoms with Crippen LogP contribution in [0.2, 0.25) is 0 Å². The second-order valence-electron chi connectivity index (χ2n) is 4.63. The van der Waals surface area contributed by atoms with Crippen LogP contribution in [0.5, 0.6) is 0 Å². The van der Waals surface area contributed by atoms with E-state index in [2.05, 4.69) is 24.5 Å². The molecule has 0 fully saturated rings. The van der Waals surface area contributed by atoms with Gasteiger partial charge >= 0.3 is 12.0 Å². The quantitative estimate of drug-likeness (QED) is 0.426. The molecule has 0 heterocycles. The number of carbonyl (C=O) groups is 2. The van der Waals surface area contributed by atoms with Crippen molar-refractivity contribution in [2.45, 2.75) is 32.7 Å². The molecule has 19 heavy (non-hydrogen) atoms. The van der Waals surface area contributed by atoms with Crippen LogP contribution in [0.1, 0.15) is 26.7 Å². The Morgan fingerprint density at radius 3 is 2.53 bits per heavy atom. The number of aliphatic carboxylic acids is 1. The number of aliphatic hydroxyl groups is 1. The highest BCUT2D eigenvalue weighted by atomic mass is 16.5. The Labute approximate surface area is 113 Å². The molecule has 0 aliphatic rings. The number of urea groups is 1. The number of amides is 2. The van der Waals surface area contributed by atoms with Gasteiger partial charge in [-0.3, -0.25) is 0 Å². The van der Waals surface area contributed by atoms with Gasteiger partial charge in [0, 0.05) is 32.8 Å². The number of hydrogen-bond acceptors (Lipinski definition) is 4. The van der Waals surface area contributed by atoms with E-state index in [0.717, 1.165) is 0 Å². The lowest BCUT2D eigenvalue weighted by molar-refractivity contribution is -0.139. The van der Waals surface area contributed by atoms with Crippen LogP contribution in [0.3, 0.4) is 0 Å². The van der Waals surface area contributed by atoms with Crippen LogP contribution < -0.4 is 10.6 Å². The summed E-state index contributed by atoms with van der Waals surface area (Å²) in [4.78, 5) is 22.1. The van der Waals surface area contributed by atoms with Gasteiger partial charge in [-0.1, -0.05) is 13.8 Å². The van der Waals surface area contributed by atoms with Crippen LogP contribution in [-0.4, -0.2) is 54.6 Å². The lowest BCUT2D eigenvalue weighted by atomic mass is 10.2. The van der Waals surface area contributed by atoms with E-state index in [-0.39, 0.29) is 13.0 Å². The minimum Gasteiger partial charge on any atom is -0.480 e. The summed E-state index contributed by atoms with van der Waals surface area (Å²) in [6.07, 6.45) is 0.651. The molecule has 112 valence electrons. The third-order valence-corrected chi connectivity index (χ3v) is 2.22. The van der Waals surface area contributed by atoms with E-state index in [4.69, 9.17) is 14.9 Å². The molecule has 4 N–H and O–H groups in total. The molecule has 0 saturated carbocycles. The predicted molar refractivity (Wildman–Crippen MR) is 69.9 cm³/mol. The molecule has 1 unspecified atom stereocenters. The van der Waals surface area contributed by atoms with Gasteiger partial charge < -0.3 is 25.6 Å². The fraction of sp³-hybridized carbons (Fsp3) is 0.833. The molecule has 7 nitrogen and oxygen atoms in total. The molecule has 7 heteroatoms. The molecular formula is C12H24N2O5. The molecule has 0 spiro atoms. The summed E-state index contributed by atoms with van der Waals surface area (Å²) in [6, 6.07) is -1.62. The number of ether oxygens (including phenoxy) is 1. The fourth-order valence-corrected chi connectivity index (χ4v) is 1.29. The van der Waals surface area contributed by atoms with Crippen molar-refractivity contribution in [3.63, 3.8) is 0 Å². The lowest BCUT2D eigenvalue weighted by Crippen LogP contribution is -2.46. The molecule has 0 radical (unpaired) electrons. The lowest BCUT2D eigenvalue weighted by Gasteiger charge is -2.14. The van der Waals surface area contributed by atoms with Gasteiger partial charge in [-0.25, -0.2) is 9.59 Å². The first-order chi connectivity index (χ1) is 8.97. The topological polar surface area (TPSA) is 108 Å². The largest absolute Gasteiger partial charge is 0.480 e. The van der Waals surface area contributed by atoms with E-state index >= 15 is 0 Å². The van der Waals surface area contributed by atoms with Gasteiger partial charge in [0.1, 0.15) is 6.04 Å². The number of nitrogens with one attached hydrogen (secondary N) is 2. The number of carbonyl (C=O) groups excluding carboxylic acids is 1. The first-order valence-electron chi connectivity index (χ1n) is 6.43. The van der Waals surface area contributed by atoms with E-state index in [1.54, 1.807) is 0 Å². The molecule has 0 aromatic heterocycles. The summed E-state index contributed by atoms with van der Waals surface area (Å²) in [7, 11) is 0. The van der Waals surface area contributed by atoms with Crippen molar-refractivity contribution in [2.24, 2.45) is 5.92 Å². The van der Waals surface area contributed by atoms with E-state index in [1.165, 1.54) is 0 Å². The monoisotopic (exact) mass is 276 g/mol. The Morgan fingerprint density at radius 2 is 2.00 bits per heavy atom. The highest BCUT2D eigenvalue weighted by molar-refractivity contribution is 5.82. The van der Waals surface area contributed by atoms with Crippen LogP contribution in [0, 0.1) is 5.92 Å². The van der Waals surface area contributed by atoms with E-state index in [0.29, 0.717) is 32.1 Å². The molecule has 0 aliphatic carbocycles. The molecule has 1 atom stereocenters. The number of aliphatic hydroxyl groups excluding tert-OH is 1. The second kappa shape index (κ2) is 10.6. The number of carboxylic acid groups (broad SMARTS) is 1. The van der Waals surface area contributed by atoms with Crippen molar-refractivity contribution in [3.05, 3.63) is 0 Å². The molecule has 0 rings (SSSR count). The average molecular weight is 276 g/mol. The van der Waals surface area contributed by atoms with Crippen molar-refractivity contribution in [2.75, 3.05) is 26.4 Å². The van der Waals surface area contributed by atoms with Crippen LogP contribution in [0.15, 0.2) is 0 Å². The number of hydrogen-bond donors (Lipinski definition) is 4. The van der Waals surface area contributed by atoms with Crippen molar-refractivity contribution < 1.29 is 24.5 Å². The van der Waals surface area contributed by atoms with Gasteiger partial charge in [0.05, 0.1) is 0 Å². The molecule has 0 bridgehead atoms. The first-order valence-corrected chi connectivity index (χ1v) is 6.43. The Bertz CT molecular complexity index is 271. The van der Waals surface area contributed by atoms with E-state index in [9.17, 15) is 9.59 Å². The Hall–Kier alpha value is -1.34. The zero-order valence-corrected chi connectivity index (χ0v) is 11.5. The minimum absolute atomic E-state index is 0.0136. The Kier molecular flexibility index (Phi) is 9.82. The summed E-state index contributed by atoms with van der Waals surface area (Å²) in [5, 5.41) is 22.3. The van der Waals surface area contributed by atoms with Gasteiger partial charge in [0.25, 0.3) is 0 Å². The molecule has 2 amide bonds. The molecule has 0 aromatic rings. The van der Waals surface area contributed by atoms with Crippen LogP contribution in [0.25, 0.3) is 0 Å². The van der Waals surface area contributed by atoms with Gasteiger partial charge in [-0.15, -0.1) is 0 Å². The molecule has 0 saturated heterocycles. The second-order valence-corrected chi connectivity index (χ2v) is 4.63. The summed E-state index contributed by atoms with van der Waals surface area (Å²) >= 11 is 0. The SMILES string of the molecule is CC(C)COCCCNC(=O)NC(CCO)C(=O)O. The summed E-state index contributed by atoms with van der Waals surface area (Å²) < 4.78 is 5.34. The summed E-state index contributed by atoms with van der Waals surface area (Å²) in [5.74, 6) is -0.685. The van der Waals surface area contributed by atoms with Gasteiger partial charge in [-0.2, -0.15) is 0 Å². The van der Waals surface area contributed by atoms with Crippen molar-refractivity contribution in [3.8, 4) is 0 Å². The van der Waals surface area contributed by atoms with Crippen molar-refractivity contribution in [1.82, 2.24) is 10.6 Å². The molecule has 0 aliphatic heterocycles. The molecule has 0 aromatic carbocycles. The van der Waals surface area contributed by atoms with Gasteiger partial charge in [-0.05, 0) is 12.3 Å². The highest BCUT2D eigenvalue weighted by Crippen LogP contribution is 1.93. The van der Waals surface area contributed by atoms with Crippen molar-refractivity contribution >= 4 is 12.0 Å². The standard InChI is InChI=1S/C12H24N2O5/c1-9(2)8-19-7-3-5-13-12(18)14-10(4-6-15)11(16)17/h9-10,15H,3-8H2,1-2H3,(H,16,17)(H2,13,14,18). The van der Waals surface area contributed by atoms with E-state index in [1.807, 2.05) is 0 Å². The van der Waals surface area contributed by atoms with Crippen LogP contribution >= 0.6 is 0 Å². The molecular weight excluding hydrogens is 252 g/mol. The maximum absolute atomic E-state index is 11.4. The van der Waals surface area contributed by atoms with Crippen molar-refractivity contribution in [1.29, 1.82) is 0 Å². The summed E-state index contributed by atoms with van der Waals surface area (Å²) in [6.45, 7) is 5.47. The normalized spacial score (nSPS) is 12.2. The Balaban J connectivity index is 3.65. The summed E-state index contributed by atoms with van der Waals surface area (Å²) in [5.41, 5.74) is 0. The number of carboxylic acids is 1. The van der Waals surface area contributed by atoms with Crippen LogP contribution in [0.4, 0.5) is 4.79 Å². The number of rotatable bonds is 10. The smallest absolute Gasteiger partial charge is 0.326 e. The zero-order valence-electron chi connectivity index (χ0n) is 11.5. The average Bonchev–Trinajstić information content (AvgIpc) is 2.32. The van der Waals surface area contributed by atoms with Gasteiger partial charge in [0.15, 0.2) is 0 Å². The van der Waals surface area contributed by atoms with Gasteiger partial charge in [0.2, 0.25) is 0 Å². The third-order valence-electron chi connectivity index (χ3n) is 2.22. The van der Waals surface area contributed by atoms with E-state index < -0.39 is 18.0 Å². The van der Waals surface area contributed by atoms with Crippen LogP contribution in [-0.2, 0) is 9.53 Å². The minimum atomic E-state index is -1.16. The maximum atomic E-state index is 11.4. The maximum Gasteiger partial charge on any atom is 0.326 e. The fourth-order valence-electron chi connectivity index (χ4n) is 1.29. The third kappa shape index (κ3) is 10.3.